The predicted molar refractivity (Wildman–Crippen MR) is 143 cm³/mol. The molecule has 3 aromatic carbocycles. The maximum Gasteiger partial charge on any atom is 0.322 e. The maximum absolute atomic E-state index is 12.7. The molecule has 1 saturated heterocycles. The van der Waals surface area contributed by atoms with Crippen molar-refractivity contribution in [2.45, 2.75) is 26.2 Å². The lowest BCUT2D eigenvalue weighted by Gasteiger charge is -2.36. The number of nitrogens with one attached hydrogen (secondary N) is 2. The van der Waals surface area contributed by atoms with Crippen molar-refractivity contribution >= 4 is 40.6 Å². The minimum Gasteiger partial charge on any atom is -0.368 e. The van der Waals surface area contributed by atoms with E-state index in [2.05, 4.69) is 27.7 Å². The van der Waals surface area contributed by atoms with Gasteiger partial charge in [-0.15, -0.1) is 0 Å². The summed E-state index contributed by atoms with van der Waals surface area (Å²) in [4.78, 5) is 29.1. The van der Waals surface area contributed by atoms with Gasteiger partial charge in [-0.1, -0.05) is 54.1 Å². The van der Waals surface area contributed by atoms with E-state index in [0.717, 1.165) is 42.9 Å². The Hall–Kier alpha value is -3.51. The number of benzene rings is 3. The number of anilines is 3. The van der Waals surface area contributed by atoms with Gasteiger partial charge in [-0.25, -0.2) is 4.79 Å². The highest BCUT2D eigenvalue weighted by atomic mass is 35.5. The fourth-order valence-electron chi connectivity index (χ4n) is 4.22. The van der Waals surface area contributed by atoms with E-state index in [1.165, 1.54) is 5.56 Å². The Bertz CT molecular complexity index is 1120. The number of amides is 3. The molecule has 0 saturated carbocycles. The van der Waals surface area contributed by atoms with Crippen LogP contribution >= 0.6 is 11.6 Å². The molecular weight excluding hydrogens is 460 g/mol. The summed E-state index contributed by atoms with van der Waals surface area (Å²) in [6, 6.07) is 23.6. The van der Waals surface area contributed by atoms with Crippen molar-refractivity contribution in [2.75, 3.05) is 41.7 Å². The van der Waals surface area contributed by atoms with Crippen molar-refractivity contribution in [3.05, 3.63) is 88.9 Å². The number of piperazine rings is 1. The summed E-state index contributed by atoms with van der Waals surface area (Å²) in [5.41, 5.74) is 4.73. The Kier molecular flexibility index (Phi) is 8.27. The van der Waals surface area contributed by atoms with Gasteiger partial charge in [-0.3, -0.25) is 4.79 Å². The minimum atomic E-state index is -0.133. The zero-order valence-corrected chi connectivity index (χ0v) is 20.7. The average molecular weight is 491 g/mol. The van der Waals surface area contributed by atoms with Crippen LogP contribution in [0.5, 0.6) is 0 Å². The van der Waals surface area contributed by atoms with E-state index in [0.29, 0.717) is 30.2 Å². The number of halogens is 1. The molecule has 0 radical (unpaired) electrons. The molecule has 3 aromatic rings. The average Bonchev–Trinajstić information content (AvgIpc) is 2.87. The Labute approximate surface area is 211 Å². The van der Waals surface area contributed by atoms with Crippen LogP contribution < -0.4 is 15.5 Å². The standard InChI is InChI=1S/C28H31ClN4O2/c1-21-7-5-11-25(29)27(21)31-28(35)33-19-17-32(18-20-33)24-15-13-23(14-16-24)30-26(34)12-6-10-22-8-3-2-4-9-22/h2-5,7-9,11,13-16H,6,10,12,17-20H2,1H3,(H,30,34)(H,31,35). The zero-order valence-electron chi connectivity index (χ0n) is 20.0. The second-order valence-electron chi connectivity index (χ2n) is 8.77. The lowest BCUT2D eigenvalue weighted by molar-refractivity contribution is -0.116. The fraction of sp³-hybridized carbons (Fsp3) is 0.286. The first kappa shape index (κ1) is 24.6. The second kappa shape index (κ2) is 11.8. The summed E-state index contributed by atoms with van der Waals surface area (Å²) in [5.74, 6) is 0.0297. The lowest BCUT2D eigenvalue weighted by Crippen LogP contribution is -2.50. The first-order valence-electron chi connectivity index (χ1n) is 12.0. The summed E-state index contributed by atoms with van der Waals surface area (Å²) in [6.07, 6.45) is 2.21. The molecule has 3 amide bonds. The Morgan fingerprint density at radius 3 is 2.26 bits per heavy atom. The van der Waals surface area contributed by atoms with E-state index in [4.69, 9.17) is 11.6 Å². The highest BCUT2D eigenvalue weighted by molar-refractivity contribution is 6.33. The van der Waals surface area contributed by atoms with Crippen LogP contribution in [0.1, 0.15) is 24.0 Å². The fourth-order valence-corrected chi connectivity index (χ4v) is 4.49. The van der Waals surface area contributed by atoms with Crippen molar-refractivity contribution in [2.24, 2.45) is 0 Å². The highest BCUT2D eigenvalue weighted by Gasteiger charge is 2.22. The molecule has 0 unspecified atom stereocenters. The Morgan fingerprint density at radius 1 is 0.857 bits per heavy atom. The summed E-state index contributed by atoms with van der Waals surface area (Å²) in [6.45, 7) is 4.64. The molecule has 7 heteroatoms. The number of rotatable bonds is 7. The zero-order chi connectivity index (χ0) is 24.6. The van der Waals surface area contributed by atoms with Gasteiger partial charge in [-0.05, 0) is 61.2 Å². The molecule has 35 heavy (non-hydrogen) atoms. The van der Waals surface area contributed by atoms with Crippen molar-refractivity contribution in [3.8, 4) is 0 Å². The third kappa shape index (κ3) is 6.76. The van der Waals surface area contributed by atoms with Crippen molar-refractivity contribution < 1.29 is 9.59 Å². The summed E-state index contributed by atoms with van der Waals surface area (Å²) in [7, 11) is 0. The third-order valence-corrected chi connectivity index (χ3v) is 6.56. The predicted octanol–water partition coefficient (Wildman–Crippen LogP) is 5.96. The molecule has 0 spiro atoms. The lowest BCUT2D eigenvalue weighted by atomic mass is 10.1. The number of carbonyl (C=O) groups excluding carboxylic acids is 2. The van der Waals surface area contributed by atoms with Crippen LogP contribution in [0.4, 0.5) is 21.9 Å². The molecule has 1 aliphatic heterocycles. The topological polar surface area (TPSA) is 64.7 Å². The van der Waals surface area contributed by atoms with E-state index in [9.17, 15) is 9.59 Å². The summed E-state index contributed by atoms with van der Waals surface area (Å²) >= 11 is 6.24. The van der Waals surface area contributed by atoms with E-state index in [1.54, 1.807) is 6.07 Å². The number of hydrogen-bond donors (Lipinski definition) is 2. The molecule has 0 atom stereocenters. The van der Waals surface area contributed by atoms with Gasteiger partial charge in [0.2, 0.25) is 5.91 Å². The van der Waals surface area contributed by atoms with Gasteiger partial charge in [0.05, 0.1) is 10.7 Å². The Balaban J connectivity index is 1.22. The van der Waals surface area contributed by atoms with Crippen molar-refractivity contribution in [1.82, 2.24) is 4.90 Å². The number of aryl methyl sites for hydroxylation is 2. The van der Waals surface area contributed by atoms with Gasteiger partial charge >= 0.3 is 6.03 Å². The second-order valence-corrected chi connectivity index (χ2v) is 9.18. The van der Waals surface area contributed by atoms with Crippen LogP contribution in [0.2, 0.25) is 5.02 Å². The highest BCUT2D eigenvalue weighted by Crippen LogP contribution is 2.26. The molecule has 4 rings (SSSR count). The third-order valence-electron chi connectivity index (χ3n) is 6.25. The van der Waals surface area contributed by atoms with Crippen LogP contribution in [-0.2, 0) is 11.2 Å². The van der Waals surface area contributed by atoms with Gasteiger partial charge < -0.3 is 20.4 Å². The molecule has 0 bridgehead atoms. The number of para-hydroxylation sites is 1. The number of urea groups is 1. The normalized spacial score (nSPS) is 13.4. The quantitative estimate of drug-likeness (QED) is 0.429. The van der Waals surface area contributed by atoms with Crippen LogP contribution in [-0.4, -0.2) is 43.0 Å². The van der Waals surface area contributed by atoms with Crippen molar-refractivity contribution in [3.63, 3.8) is 0 Å². The van der Waals surface area contributed by atoms with Gasteiger partial charge in [0.1, 0.15) is 0 Å². The van der Waals surface area contributed by atoms with E-state index in [-0.39, 0.29) is 11.9 Å². The van der Waals surface area contributed by atoms with Crippen LogP contribution in [0.15, 0.2) is 72.8 Å². The summed E-state index contributed by atoms with van der Waals surface area (Å²) < 4.78 is 0. The molecule has 1 fully saturated rings. The Morgan fingerprint density at radius 2 is 1.57 bits per heavy atom. The van der Waals surface area contributed by atoms with E-state index >= 15 is 0 Å². The molecule has 0 aromatic heterocycles. The first-order chi connectivity index (χ1) is 17.0. The minimum absolute atomic E-state index is 0.0297. The number of hydrogen-bond acceptors (Lipinski definition) is 3. The molecule has 0 aliphatic carbocycles. The van der Waals surface area contributed by atoms with Crippen LogP contribution in [0.25, 0.3) is 0 Å². The van der Waals surface area contributed by atoms with Gasteiger partial charge in [0, 0.05) is 44.0 Å². The van der Waals surface area contributed by atoms with Gasteiger partial charge in [0.15, 0.2) is 0 Å². The molecule has 1 aliphatic rings. The SMILES string of the molecule is Cc1cccc(Cl)c1NC(=O)N1CCN(c2ccc(NC(=O)CCCc3ccccc3)cc2)CC1. The smallest absolute Gasteiger partial charge is 0.322 e. The van der Waals surface area contributed by atoms with E-state index in [1.807, 2.05) is 66.4 Å². The van der Waals surface area contributed by atoms with Crippen molar-refractivity contribution in [1.29, 1.82) is 0 Å². The van der Waals surface area contributed by atoms with E-state index < -0.39 is 0 Å². The van der Waals surface area contributed by atoms with Crippen LogP contribution in [0, 0.1) is 6.92 Å². The van der Waals surface area contributed by atoms with Gasteiger partial charge in [0.25, 0.3) is 0 Å². The molecule has 6 nitrogen and oxygen atoms in total. The number of nitrogens with zero attached hydrogens (tertiary/aromatic N) is 2. The summed E-state index contributed by atoms with van der Waals surface area (Å²) in [5, 5.41) is 6.47. The molecule has 182 valence electrons. The number of carbonyl (C=O) groups is 2. The monoisotopic (exact) mass is 490 g/mol. The first-order valence-corrected chi connectivity index (χ1v) is 12.4. The van der Waals surface area contributed by atoms with Crippen LogP contribution in [0.3, 0.4) is 0 Å². The molecule has 1 heterocycles. The molecule has 2 N–H and O–H groups in total. The maximum atomic E-state index is 12.7. The van der Waals surface area contributed by atoms with Gasteiger partial charge in [-0.2, -0.15) is 0 Å². The largest absolute Gasteiger partial charge is 0.368 e. The molecular formula is C28H31ClN4O2.